The average molecular weight is 540 g/mol. The molecular formula is C31H33N5O2S. The van der Waals surface area contributed by atoms with Crippen LogP contribution in [0, 0.1) is 20.8 Å². The first-order chi connectivity index (χ1) is 18.9. The van der Waals surface area contributed by atoms with E-state index in [9.17, 15) is 4.79 Å². The molecule has 200 valence electrons. The lowest BCUT2D eigenvalue weighted by molar-refractivity contribution is -0.116. The first-order valence-corrected chi connectivity index (χ1v) is 13.4. The molecular weight excluding hydrogens is 506 g/mol. The third-order valence-corrected chi connectivity index (χ3v) is 7.54. The number of nitrogens with zero attached hydrogens (tertiary/aromatic N) is 3. The Morgan fingerprint density at radius 2 is 1.85 bits per heavy atom. The van der Waals surface area contributed by atoms with E-state index in [1.54, 1.807) is 13.3 Å². The fourth-order valence-electron chi connectivity index (χ4n) is 5.15. The van der Waals surface area contributed by atoms with Gasteiger partial charge in [-0.15, -0.1) is 0 Å². The van der Waals surface area contributed by atoms with Crippen molar-refractivity contribution in [3.05, 3.63) is 107 Å². The molecule has 0 spiro atoms. The third-order valence-electron chi connectivity index (χ3n) is 7.18. The molecule has 2 atom stereocenters. The smallest absolute Gasteiger partial charge is 0.226 e. The average Bonchev–Trinajstić information content (AvgIpc) is 3.48. The van der Waals surface area contributed by atoms with Crippen molar-refractivity contribution in [3.8, 4) is 11.4 Å². The number of nitrogens with one attached hydrogen (secondary N) is 2. The molecule has 7 nitrogen and oxygen atoms in total. The maximum atomic E-state index is 13.1. The number of pyridine rings is 1. The zero-order chi connectivity index (χ0) is 27.5. The molecule has 0 radical (unpaired) electrons. The van der Waals surface area contributed by atoms with Gasteiger partial charge in [0, 0.05) is 41.9 Å². The predicted molar refractivity (Wildman–Crippen MR) is 158 cm³/mol. The van der Waals surface area contributed by atoms with E-state index in [0.29, 0.717) is 18.1 Å². The third kappa shape index (κ3) is 5.52. The topological polar surface area (TPSA) is 71.4 Å². The molecule has 0 bridgehead atoms. The lowest BCUT2D eigenvalue weighted by Crippen LogP contribution is -2.33. The Kier molecular flexibility index (Phi) is 7.65. The van der Waals surface area contributed by atoms with E-state index in [0.717, 1.165) is 45.3 Å². The number of amides is 1. The number of hydrogen-bond acceptors (Lipinski definition) is 4. The van der Waals surface area contributed by atoms with Crippen LogP contribution in [0.25, 0.3) is 5.69 Å². The summed E-state index contributed by atoms with van der Waals surface area (Å²) in [7, 11) is 1.66. The molecule has 2 aromatic heterocycles. The van der Waals surface area contributed by atoms with Gasteiger partial charge in [0.1, 0.15) is 5.75 Å². The molecule has 1 aliphatic heterocycles. The number of aromatic nitrogens is 2. The standard InChI is InChI=1S/C31H33N5O2S/c1-20-8-9-21(2)26(19-20)33-28(37)16-18-35-30(29(34-31(35)39)25-7-5-6-17-32-25)27-15-10-22(3)36(27)23-11-13-24(38-4)14-12-23/h5-15,17,19,29-30H,16,18H2,1-4H3,(H,33,37)(H,34,39)/t29-,30-/m1/s1. The van der Waals surface area contributed by atoms with E-state index in [4.69, 9.17) is 17.0 Å². The normalized spacial score (nSPS) is 16.7. The van der Waals surface area contributed by atoms with Gasteiger partial charge in [-0.1, -0.05) is 18.2 Å². The summed E-state index contributed by atoms with van der Waals surface area (Å²) in [5.41, 5.74) is 7.07. The second kappa shape index (κ2) is 11.3. The van der Waals surface area contributed by atoms with Crippen molar-refractivity contribution in [2.45, 2.75) is 39.3 Å². The zero-order valence-electron chi connectivity index (χ0n) is 22.6. The number of hydrogen-bond donors (Lipinski definition) is 2. The maximum absolute atomic E-state index is 13.1. The molecule has 1 saturated heterocycles. The van der Waals surface area contributed by atoms with Gasteiger partial charge in [-0.25, -0.2) is 0 Å². The largest absolute Gasteiger partial charge is 0.497 e. The Labute approximate surface area is 234 Å². The number of benzene rings is 2. The van der Waals surface area contributed by atoms with E-state index in [-0.39, 0.29) is 18.0 Å². The van der Waals surface area contributed by atoms with Crippen molar-refractivity contribution >= 4 is 28.9 Å². The molecule has 2 N–H and O–H groups in total. The van der Waals surface area contributed by atoms with E-state index in [2.05, 4.69) is 44.1 Å². The van der Waals surface area contributed by atoms with Gasteiger partial charge in [0.05, 0.1) is 24.9 Å². The van der Waals surface area contributed by atoms with Crippen LogP contribution in [-0.4, -0.2) is 39.1 Å². The fourth-order valence-corrected chi connectivity index (χ4v) is 5.48. The number of ether oxygens (including phenoxy) is 1. The van der Waals surface area contributed by atoms with E-state index < -0.39 is 0 Å². The Balaban J connectivity index is 1.47. The molecule has 1 aliphatic rings. The summed E-state index contributed by atoms with van der Waals surface area (Å²) < 4.78 is 7.61. The van der Waals surface area contributed by atoms with Crippen LogP contribution in [0.15, 0.2) is 79.0 Å². The molecule has 3 heterocycles. The van der Waals surface area contributed by atoms with Crippen LogP contribution >= 0.6 is 12.2 Å². The Hall–Kier alpha value is -4.17. The Morgan fingerprint density at radius 1 is 1.05 bits per heavy atom. The van der Waals surface area contributed by atoms with E-state index in [1.165, 1.54) is 0 Å². The highest BCUT2D eigenvalue weighted by Gasteiger charge is 2.41. The molecule has 0 aliphatic carbocycles. The molecule has 8 heteroatoms. The van der Waals surface area contributed by atoms with Crippen molar-refractivity contribution in [2.75, 3.05) is 19.0 Å². The number of methoxy groups -OCH3 is 1. The number of anilines is 1. The van der Waals surface area contributed by atoms with Gasteiger partial charge >= 0.3 is 0 Å². The predicted octanol–water partition coefficient (Wildman–Crippen LogP) is 5.81. The summed E-state index contributed by atoms with van der Waals surface area (Å²) >= 11 is 5.84. The Morgan fingerprint density at radius 3 is 2.56 bits per heavy atom. The lowest BCUT2D eigenvalue weighted by atomic mass is 10.0. The monoisotopic (exact) mass is 539 g/mol. The van der Waals surface area contributed by atoms with Crippen LogP contribution in [0.1, 0.15) is 46.7 Å². The second-order valence-electron chi connectivity index (χ2n) is 9.87. The number of thiocarbonyl (C=S) groups is 1. The summed E-state index contributed by atoms with van der Waals surface area (Å²) in [6, 6.07) is 23.9. The van der Waals surface area contributed by atoms with Crippen molar-refractivity contribution in [3.63, 3.8) is 0 Å². The first kappa shape index (κ1) is 26.4. The minimum absolute atomic E-state index is 0.0479. The van der Waals surface area contributed by atoms with Crippen molar-refractivity contribution in [1.29, 1.82) is 0 Å². The summed E-state index contributed by atoms with van der Waals surface area (Å²) in [4.78, 5) is 19.8. The van der Waals surface area contributed by atoms with Gasteiger partial charge in [0.25, 0.3) is 0 Å². The zero-order valence-corrected chi connectivity index (χ0v) is 23.5. The van der Waals surface area contributed by atoms with E-state index >= 15 is 0 Å². The van der Waals surface area contributed by atoms with Crippen LogP contribution in [-0.2, 0) is 4.79 Å². The molecule has 39 heavy (non-hydrogen) atoms. The van der Waals surface area contributed by atoms with Crippen LogP contribution in [0.4, 0.5) is 5.69 Å². The number of carbonyl (C=O) groups excluding carboxylic acids is 1. The number of carbonyl (C=O) groups is 1. The molecule has 0 saturated carbocycles. The maximum Gasteiger partial charge on any atom is 0.226 e. The van der Waals surface area contributed by atoms with Gasteiger partial charge in [-0.3, -0.25) is 9.78 Å². The summed E-state index contributed by atoms with van der Waals surface area (Å²) in [6.45, 7) is 6.57. The van der Waals surface area contributed by atoms with Gasteiger partial charge in [0.2, 0.25) is 5.91 Å². The van der Waals surface area contributed by atoms with Gasteiger partial charge in [-0.05, 0) is 98.7 Å². The first-order valence-electron chi connectivity index (χ1n) is 13.0. The van der Waals surface area contributed by atoms with Crippen LogP contribution in [0.5, 0.6) is 5.75 Å². The summed E-state index contributed by atoms with van der Waals surface area (Å²) in [5, 5.41) is 7.18. The van der Waals surface area contributed by atoms with Gasteiger partial charge in [-0.2, -0.15) is 0 Å². The van der Waals surface area contributed by atoms with Gasteiger partial charge < -0.3 is 24.8 Å². The fraction of sp³-hybridized carbons (Fsp3) is 0.258. The SMILES string of the molecule is COc1ccc(-n2c(C)ccc2[C@@H]2[C@@H](c3ccccn3)NC(=S)N2CCC(=O)Nc2cc(C)ccc2C)cc1. The number of aryl methyl sites for hydroxylation is 3. The highest BCUT2D eigenvalue weighted by Crippen LogP contribution is 2.40. The number of rotatable bonds is 8. The molecule has 5 rings (SSSR count). The van der Waals surface area contributed by atoms with Crippen LogP contribution in [0.3, 0.4) is 0 Å². The quantitative estimate of drug-likeness (QED) is 0.276. The van der Waals surface area contributed by atoms with Crippen LogP contribution in [0.2, 0.25) is 0 Å². The second-order valence-corrected chi connectivity index (χ2v) is 10.3. The minimum Gasteiger partial charge on any atom is -0.497 e. The minimum atomic E-state index is -0.174. The molecule has 1 fully saturated rings. The van der Waals surface area contributed by atoms with E-state index in [1.807, 2.05) is 74.5 Å². The highest BCUT2D eigenvalue weighted by molar-refractivity contribution is 7.80. The van der Waals surface area contributed by atoms with Crippen molar-refractivity contribution in [1.82, 2.24) is 19.8 Å². The van der Waals surface area contributed by atoms with Crippen molar-refractivity contribution in [2.24, 2.45) is 0 Å². The molecule has 1 amide bonds. The van der Waals surface area contributed by atoms with Crippen LogP contribution < -0.4 is 15.4 Å². The summed E-state index contributed by atoms with van der Waals surface area (Å²) in [6.07, 6.45) is 2.09. The van der Waals surface area contributed by atoms with Gasteiger partial charge in [0.15, 0.2) is 5.11 Å². The molecule has 0 unspecified atom stereocenters. The molecule has 4 aromatic rings. The lowest BCUT2D eigenvalue weighted by Gasteiger charge is -2.29. The highest BCUT2D eigenvalue weighted by atomic mass is 32.1. The molecule has 2 aromatic carbocycles. The summed E-state index contributed by atoms with van der Waals surface area (Å²) in [5.74, 6) is 0.755. The van der Waals surface area contributed by atoms with Crippen molar-refractivity contribution < 1.29 is 9.53 Å². The Bertz CT molecular complexity index is 1480.